The molecule has 1 unspecified atom stereocenters. The van der Waals surface area contributed by atoms with E-state index in [0.29, 0.717) is 17.4 Å². The van der Waals surface area contributed by atoms with Crippen molar-refractivity contribution in [3.63, 3.8) is 0 Å². The molecule has 0 aromatic carbocycles. The highest BCUT2D eigenvalue weighted by Gasteiger charge is 2.27. The molecule has 0 aliphatic heterocycles. The third kappa shape index (κ3) is 37.3. The summed E-state index contributed by atoms with van der Waals surface area (Å²) in [6, 6.07) is -0.857. The van der Waals surface area contributed by atoms with E-state index >= 15 is 0 Å². The molecule has 3 atom stereocenters. The van der Waals surface area contributed by atoms with Crippen LogP contribution < -0.4 is 5.32 Å². The number of aliphatic hydroxyl groups is 1. The molecule has 0 bridgehead atoms. The molecule has 0 radical (unpaired) electrons. The van der Waals surface area contributed by atoms with E-state index in [4.69, 9.17) is 9.05 Å². The van der Waals surface area contributed by atoms with Gasteiger partial charge in [0.15, 0.2) is 0 Å². The number of quaternary nitrogens is 1. The number of carbonyl (C=O) groups is 1. The van der Waals surface area contributed by atoms with E-state index in [0.717, 1.165) is 38.5 Å². The van der Waals surface area contributed by atoms with Crippen LogP contribution in [0.25, 0.3) is 0 Å². The molecular formula is C43H86N2O6P+. The fraction of sp³-hybridized carbons (Fsp3) is 0.884. The van der Waals surface area contributed by atoms with Gasteiger partial charge >= 0.3 is 7.82 Å². The molecule has 0 rings (SSSR count). The highest BCUT2D eigenvalue weighted by molar-refractivity contribution is 7.47. The first-order chi connectivity index (χ1) is 25.0. The van der Waals surface area contributed by atoms with E-state index in [-0.39, 0.29) is 19.1 Å². The average molecular weight is 758 g/mol. The molecule has 0 saturated carbocycles. The van der Waals surface area contributed by atoms with Crippen molar-refractivity contribution in [3.05, 3.63) is 24.3 Å². The molecule has 0 aromatic rings. The largest absolute Gasteiger partial charge is 0.472 e. The van der Waals surface area contributed by atoms with Crippen molar-refractivity contribution in [2.24, 2.45) is 0 Å². The first-order valence-corrected chi connectivity index (χ1v) is 23.2. The van der Waals surface area contributed by atoms with Gasteiger partial charge in [-0.15, -0.1) is 0 Å². The summed E-state index contributed by atoms with van der Waals surface area (Å²) in [5.41, 5.74) is 0. The quantitative estimate of drug-likeness (QED) is 0.0250. The monoisotopic (exact) mass is 758 g/mol. The highest BCUT2D eigenvalue weighted by atomic mass is 31.2. The molecule has 0 aliphatic carbocycles. The SMILES string of the molecule is CCCCCCCCCCC/C=C/CC/C=C/[C@@H](O)[C@H](COP(=O)(O)OCC[N+](C)(C)C)NC(=O)CCCCCCCCCCCCCCCCC. The van der Waals surface area contributed by atoms with Crippen molar-refractivity contribution < 1.29 is 32.9 Å². The Labute approximate surface area is 322 Å². The number of rotatable bonds is 39. The second kappa shape index (κ2) is 35.7. The molecule has 308 valence electrons. The number of unbranched alkanes of at least 4 members (excludes halogenated alkanes) is 24. The average Bonchev–Trinajstić information content (AvgIpc) is 3.09. The van der Waals surface area contributed by atoms with Crippen LogP contribution in [0.1, 0.15) is 194 Å². The van der Waals surface area contributed by atoms with Crippen molar-refractivity contribution >= 4 is 13.7 Å². The Morgan fingerprint density at radius 3 is 1.54 bits per heavy atom. The second-order valence-electron chi connectivity index (χ2n) is 16.1. The van der Waals surface area contributed by atoms with Gasteiger partial charge in [0.25, 0.3) is 0 Å². The van der Waals surface area contributed by atoms with Gasteiger partial charge in [-0.05, 0) is 32.1 Å². The molecule has 0 saturated heterocycles. The van der Waals surface area contributed by atoms with E-state index in [2.05, 4.69) is 31.3 Å². The zero-order valence-electron chi connectivity index (χ0n) is 34.8. The minimum Gasteiger partial charge on any atom is -0.387 e. The van der Waals surface area contributed by atoms with Gasteiger partial charge in [-0.2, -0.15) is 0 Å². The Morgan fingerprint density at radius 2 is 1.06 bits per heavy atom. The van der Waals surface area contributed by atoms with Crippen LogP contribution in [-0.2, 0) is 18.4 Å². The maximum Gasteiger partial charge on any atom is 0.472 e. The summed E-state index contributed by atoms with van der Waals surface area (Å²) in [6.07, 6.45) is 41.0. The zero-order valence-corrected chi connectivity index (χ0v) is 35.7. The molecule has 8 nitrogen and oxygen atoms in total. The van der Waals surface area contributed by atoms with E-state index in [1.54, 1.807) is 6.08 Å². The molecule has 3 N–H and O–H groups in total. The summed E-state index contributed by atoms with van der Waals surface area (Å²) < 4.78 is 23.5. The standard InChI is InChI=1S/C43H85N2O6P/c1-6-8-10-12-14-16-18-20-22-24-26-28-30-32-34-36-42(46)41(40-51-52(48,49)50-39-38-45(3,4)5)44-43(47)37-35-33-31-29-27-25-23-21-19-17-15-13-11-9-7-2/h26,28,34,36,41-42,46H,6-25,27,29-33,35,37-40H2,1-5H3,(H-,44,47,48,49)/p+1/b28-26+,36-34+/t41-,42+/m0/s1. The number of phosphoric acid groups is 1. The molecule has 0 aromatic heterocycles. The lowest BCUT2D eigenvalue weighted by Gasteiger charge is -2.25. The van der Waals surface area contributed by atoms with Gasteiger partial charge in [0, 0.05) is 6.42 Å². The third-order valence-electron chi connectivity index (χ3n) is 9.67. The number of likely N-dealkylation sites (N-methyl/N-ethyl adjacent to an activating group) is 1. The number of aliphatic hydroxyl groups excluding tert-OH is 1. The van der Waals surface area contributed by atoms with Gasteiger partial charge in [-0.3, -0.25) is 13.8 Å². The fourth-order valence-electron chi connectivity index (χ4n) is 6.17. The Kier molecular flexibility index (Phi) is 35.0. The van der Waals surface area contributed by atoms with Crippen molar-refractivity contribution in [1.82, 2.24) is 5.32 Å². The van der Waals surface area contributed by atoms with Crippen LogP contribution in [-0.4, -0.2) is 73.4 Å². The highest BCUT2D eigenvalue weighted by Crippen LogP contribution is 2.43. The summed E-state index contributed by atoms with van der Waals surface area (Å²) in [5, 5.41) is 13.8. The number of carbonyl (C=O) groups excluding carboxylic acids is 1. The first-order valence-electron chi connectivity index (χ1n) is 21.7. The molecule has 0 fully saturated rings. The predicted octanol–water partition coefficient (Wildman–Crippen LogP) is 11.7. The van der Waals surface area contributed by atoms with Crippen molar-refractivity contribution in [3.8, 4) is 0 Å². The smallest absolute Gasteiger partial charge is 0.387 e. The molecule has 0 spiro atoms. The Hall–Kier alpha value is -1.02. The maximum atomic E-state index is 12.8. The number of hydrogen-bond acceptors (Lipinski definition) is 5. The van der Waals surface area contributed by atoms with E-state index in [1.807, 2.05) is 27.2 Å². The third-order valence-corrected chi connectivity index (χ3v) is 10.7. The zero-order chi connectivity index (χ0) is 38.6. The Bertz CT molecular complexity index is 907. The van der Waals surface area contributed by atoms with Crippen LogP contribution >= 0.6 is 7.82 Å². The fourth-order valence-corrected chi connectivity index (χ4v) is 6.91. The minimum atomic E-state index is -4.34. The topological polar surface area (TPSA) is 105 Å². The lowest BCUT2D eigenvalue weighted by Crippen LogP contribution is -2.45. The summed E-state index contributed by atoms with van der Waals surface area (Å²) >= 11 is 0. The van der Waals surface area contributed by atoms with Gasteiger partial charge in [-0.25, -0.2) is 4.57 Å². The van der Waals surface area contributed by atoms with Crippen molar-refractivity contribution in [1.29, 1.82) is 0 Å². The van der Waals surface area contributed by atoms with Gasteiger partial charge in [0.1, 0.15) is 13.2 Å². The minimum absolute atomic E-state index is 0.0581. The summed E-state index contributed by atoms with van der Waals surface area (Å²) in [4.78, 5) is 23.1. The normalized spacial score (nSPS) is 14.7. The van der Waals surface area contributed by atoms with Gasteiger partial charge < -0.3 is 19.8 Å². The van der Waals surface area contributed by atoms with Crippen molar-refractivity contribution in [2.75, 3.05) is 40.9 Å². The van der Waals surface area contributed by atoms with E-state index in [1.165, 1.54) is 135 Å². The van der Waals surface area contributed by atoms with Crippen LogP contribution in [0.15, 0.2) is 24.3 Å². The number of allylic oxidation sites excluding steroid dienone is 3. The number of phosphoric ester groups is 1. The van der Waals surface area contributed by atoms with Crippen LogP contribution in [0.4, 0.5) is 0 Å². The Balaban J connectivity index is 4.48. The predicted molar refractivity (Wildman–Crippen MR) is 221 cm³/mol. The van der Waals surface area contributed by atoms with Crippen LogP contribution in [0.3, 0.4) is 0 Å². The van der Waals surface area contributed by atoms with Crippen LogP contribution in [0.5, 0.6) is 0 Å². The summed E-state index contributed by atoms with van der Waals surface area (Å²) in [7, 11) is 1.56. The Morgan fingerprint density at radius 1 is 0.635 bits per heavy atom. The molecule has 52 heavy (non-hydrogen) atoms. The van der Waals surface area contributed by atoms with Crippen molar-refractivity contribution in [2.45, 2.75) is 206 Å². The molecule has 9 heteroatoms. The van der Waals surface area contributed by atoms with Gasteiger partial charge in [-0.1, -0.05) is 179 Å². The molecule has 1 amide bonds. The van der Waals surface area contributed by atoms with E-state index in [9.17, 15) is 19.4 Å². The summed E-state index contributed by atoms with van der Waals surface area (Å²) in [5.74, 6) is -0.186. The van der Waals surface area contributed by atoms with Crippen LogP contribution in [0, 0.1) is 0 Å². The van der Waals surface area contributed by atoms with Gasteiger partial charge in [0.05, 0.1) is 39.9 Å². The second-order valence-corrected chi connectivity index (χ2v) is 17.5. The number of nitrogens with one attached hydrogen (secondary N) is 1. The van der Waals surface area contributed by atoms with Gasteiger partial charge in [0.2, 0.25) is 5.91 Å². The number of amides is 1. The lowest BCUT2D eigenvalue weighted by atomic mass is 10.0. The molecule has 0 heterocycles. The van der Waals surface area contributed by atoms with Crippen LogP contribution in [0.2, 0.25) is 0 Å². The molecule has 0 aliphatic rings. The number of nitrogens with zero attached hydrogens (tertiary/aromatic N) is 1. The lowest BCUT2D eigenvalue weighted by molar-refractivity contribution is -0.870. The number of hydrogen-bond donors (Lipinski definition) is 3. The molecular weight excluding hydrogens is 671 g/mol. The first kappa shape index (κ1) is 51.0. The maximum absolute atomic E-state index is 12.8. The summed E-state index contributed by atoms with van der Waals surface area (Å²) in [6.45, 7) is 4.79. The van der Waals surface area contributed by atoms with E-state index < -0.39 is 20.0 Å².